The van der Waals surface area contributed by atoms with Gasteiger partial charge in [0.2, 0.25) is 6.29 Å². The lowest BCUT2D eigenvalue weighted by molar-refractivity contribution is -0.166. The van der Waals surface area contributed by atoms with Gasteiger partial charge in [0.05, 0.1) is 19.3 Å². The predicted molar refractivity (Wildman–Crippen MR) is 578 cm³/mol. The zero-order valence-corrected chi connectivity index (χ0v) is 90.0. The minimum Gasteiger partial charge on any atom is -0.462 e. The number of carbonyl (C=O) groups excluding carboxylic acids is 9. The number of hydrogen-bond acceptors (Lipinski definition) is 23. The van der Waals surface area contributed by atoms with Crippen molar-refractivity contribution >= 4 is 96.8 Å². The molecule has 19 rings (SSSR count). The van der Waals surface area contributed by atoms with Gasteiger partial charge in [0.25, 0.3) is 0 Å². The van der Waals surface area contributed by atoms with Crippen molar-refractivity contribution in [2.45, 2.75) is 276 Å². The number of hydrogen-bond donors (Lipinski definition) is 0. The van der Waals surface area contributed by atoms with Crippen molar-refractivity contribution in [3.8, 4) is 45.3 Å². The van der Waals surface area contributed by atoms with Crippen molar-refractivity contribution in [3.05, 3.63) is 265 Å². The molecule has 6 fully saturated rings. The second-order valence-corrected chi connectivity index (χ2v) is 42.1. The molecule has 3 aliphatic heterocycles. The molecule has 4 saturated carbocycles. The molecule has 23 nitrogen and oxygen atoms in total. The monoisotopic (exact) mass is 2030 g/mol. The normalized spacial score (nSPS) is 23.3. The van der Waals surface area contributed by atoms with Crippen molar-refractivity contribution in [2.75, 3.05) is 26.9 Å². The summed E-state index contributed by atoms with van der Waals surface area (Å²) >= 11 is 0. The van der Waals surface area contributed by atoms with E-state index in [4.69, 9.17) is 66.3 Å². The van der Waals surface area contributed by atoms with Gasteiger partial charge in [-0.2, -0.15) is 0 Å². The van der Waals surface area contributed by atoms with Gasteiger partial charge < -0.3 is 66.3 Å². The highest BCUT2D eigenvalue weighted by molar-refractivity contribution is 6.12. The van der Waals surface area contributed by atoms with E-state index in [0.29, 0.717) is 28.4 Å². The molecule has 792 valence electrons. The fourth-order valence-corrected chi connectivity index (χ4v) is 24.0. The molecule has 0 aromatic heterocycles. The van der Waals surface area contributed by atoms with Gasteiger partial charge >= 0.3 is 53.7 Å². The van der Waals surface area contributed by atoms with Crippen LogP contribution in [-0.2, 0) is 90.5 Å². The Morgan fingerprint density at radius 1 is 0.409 bits per heavy atom. The minimum atomic E-state index is -0.690. The van der Waals surface area contributed by atoms with Gasteiger partial charge in [-0.15, -0.1) is 0 Å². The highest BCUT2D eigenvalue weighted by Crippen LogP contribution is 2.68. The van der Waals surface area contributed by atoms with E-state index in [1.807, 2.05) is 166 Å². The van der Waals surface area contributed by atoms with Crippen molar-refractivity contribution in [3.63, 3.8) is 0 Å². The molecule has 149 heavy (non-hydrogen) atoms. The maximum absolute atomic E-state index is 11.8. The lowest BCUT2D eigenvalue weighted by Crippen LogP contribution is -2.51. The van der Waals surface area contributed by atoms with E-state index in [0.717, 1.165) is 138 Å². The van der Waals surface area contributed by atoms with Gasteiger partial charge in [0.15, 0.2) is 30.5 Å². The molecular weight excluding hydrogens is 1880 g/mol. The Kier molecular flexibility index (Phi) is 40.1. The summed E-state index contributed by atoms with van der Waals surface area (Å²) in [7, 11) is 1.86. The number of methoxy groups -OCH3 is 1. The number of rotatable bonds is 22. The van der Waals surface area contributed by atoms with E-state index in [1.54, 1.807) is 24.6 Å². The molecule has 18 atom stereocenters. The number of esters is 9. The molecular formula is C126H150O23. The van der Waals surface area contributed by atoms with Gasteiger partial charge in [0.1, 0.15) is 47.9 Å². The Hall–Kier alpha value is -13.1. The molecule has 0 radical (unpaired) electrons. The molecule has 23 heteroatoms. The molecule has 2 saturated heterocycles. The topological polar surface area (TPSA) is 283 Å². The van der Waals surface area contributed by atoms with Gasteiger partial charge in [-0.25, -0.2) is 0 Å². The van der Waals surface area contributed by atoms with Crippen LogP contribution in [0.1, 0.15) is 250 Å². The van der Waals surface area contributed by atoms with E-state index >= 15 is 0 Å². The first kappa shape index (κ1) is 113. The zero-order chi connectivity index (χ0) is 107. The molecule has 10 unspecified atom stereocenters. The zero-order valence-electron chi connectivity index (χ0n) is 90.0. The first-order valence-electron chi connectivity index (χ1n) is 52.9. The molecule has 5 aliphatic carbocycles. The van der Waals surface area contributed by atoms with Crippen LogP contribution in [0.5, 0.6) is 23.0 Å². The maximum Gasteiger partial charge on any atom is 0.308 e. The third-order valence-corrected chi connectivity index (χ3v) is 30.6. The second-order valence-electron chi connectivity index (χ2n) is 42.1. The van der Waals surface area contributed by atoms with E-state index < -0.39 is 66.3 Å². The van der Waals surface area contributed by atoms with E-state index in [2.05, 4.69) is 134 Å². The van der Waals surface area contributed by atoms with E-state index in [9.17, 15) is 43.2 Å². The van der Waals surface area contributed by atoms with Crippen molar-refractivity contribution < 1.29 is 109 Å². The van der Waals surface area contributed by atoms with Crippen LogP contribution in [-0.4, -0.2) is 124 Å². The minimum absolute atomic E-state index is 0.0406. The number of ether oxygens (including phenoxy) is 14. The summed E-state index contributed by atoms with van der Waals surface area (Å²) in [6.45, 7) is 34.3. The highest BCUT2D eigenvalue weighted by atomic mass is 16.7. The molecule has 0 N–H and O–H groups in total. The van der Waals surface area contributed by atoms with Crippen LogP contribution in [0, 0.1) is 64.1 Å². The first-order valence-corrected chi connectivity index (χ1v) is 52.9. The summed E-state index contributed by atoms with van der Waals surface area (Å²) < 4.78 is 76.1. The van der Waals surface area contributed by atoms with Crippen LogP contribution in [0.2, 0.25) is 0 Å². The molecule has 11 aromatic rings. The molecule has 8 aliphatic rings. The largest absolute Gasteiger partial charge is 0.462 e. The lowest BCUT2D eigenvalue weighted by atomic mass is 9.47. The maximum atomic E-state index is 11.8. The average Bonchev–Trinajstić information content (AvgIpc) is 1.59. The van der Waals surface area contributed by atoms with Crippen LogP contribution >= 0.6 is 0 Å². The third kappa shape index (κ3) is 29.4. The Labute approximate surface area is 878 Å². The smallest absolute Gasteiger partial charge is 0.308 e. The Morgan fingerprint density at radius 2 is 0.846 bits per heavy atom. The summed E-state index contributed by atoms with van der Waals surface area (Å²) in [4.78, 5) is 101. The summed E-state index contributed by atoms with van der Waals surface area (Å²) in [5, 5.41) is 8.58. The summed E-state index contributed by atoms with van der Waals surface area (Å²) in [6.07, 6.45) is 18.1. The lowest BCUT2D eigenvalue weighted by Gasteiger charge is -2.58. The standard InChI is InChI=1S/C29H48O2.C24H18O4.C22H16O2.C18H18O4.C12H14O4.C11H22O.C10H14O6/c1-19(2)8-7-9-20(3)25-12-13-26-24-11-10-22-18-23(31-21(4)30)14-16-28(22,5)27(24)15-17-29(25,26)6;1-15(25)27-21-13-11-17-7-3-5-9-19(17)23(21)24-20-10-6-4-8-18(20)12-14-22(24)28-16(2)26;1-14-23-19-12-10-15-6-2-4-8-17(15)21(19)22-18-9-5-3-7-16(18)11-13-20(22)24-14;1-13(19)21-17(15-9-5-3-6-10-15)18(22-14(2)20)16-11-7-4-8-12-16;1-9(13)15-8-12(16-10(2)14)11-6-4-3-5-7-11;1-8(2)10-6-5-9(3)7-11(10)12-4;1-5(11)15-7-3-13-10-8(16-6(2)12)4-14-9(7)10/h10,19-20,23-27H,7-9,11-18H2,1-6H3;3-14H,1-2H3;2-14H,1H3;3-12,17-18H,1-2H3;3-7,12H,8H2,1-2H3;8-11H,5-7H2,1-4H3;7-10H,3-4H2,1-2H3/t20-,23+,24+,25-,26+,27+,28+,29-;;;;;;/m1....../s1. The van der Waals surface area contributed by atoms with Gasteiger partial charge in [-0.3, -0.25) is 43.2 Å². The van der Waals surface area contributed by atoms with Crippen molar-refractivity contribution in [1.29, 1.82) is 0 Å². The van der Waals surface area contributed by atoms with Gasteiger partial charge in [-0.05, 0) is 206 Å². The highest BCUT2D eigenvalue weighted by Gasteiger charge is 2.60. The molecule has 0 amide bonds. The Bertz CT molecular complexity index is 6160. The van der Waals surface area contributed by atoms with Crippen molar-refractivity contribution in [2.24, 2.45) is 64.1 Å². The van der Waals surface area contributed by atoms with Crippen LogP contribution in [0.4, 0.5) is 0 Å². The number of allylic oxidation sites excluding steroid dienone is 1. The number of carbonyl (C=O) groups is 9. The number of benzene rings is 11. The molecule has 0 bridgehead atoms. The van der Waals surface area contributed by atoms with Crippen LogP contribution in [0.25, 0.3) is 65.3 Å². The molecule has 11 aromatic carbocycles. The molecule has 3 heterocycles. The summed E-state index contributed by atoms with van der Waals surface area (Å²) in [6, 6.07) is 75.9. The molecule has 0 spiro atoms. The Balaban J connectivity index is 0.000000148. The average molecular weight is 2030 g/mol. The third-order valence-electron chi connectivity index (χ3n) is 30.6. The Morgan fingerprint density at radius 3 is 1.27 bits per heavy atom. The first-order chi connectivity index (χ1) is 71.4. The summed E-state index contributed by atoms with van der Waals surface area (Å²) in [5.41, 5.74) is 8.55. The fourth-order valence-electron chi connectivity index (χ4n) is 24.0. The summed E-state index contributed by atoms with van der Waals surface area (Å²) in [5.74, 6) is 7.02. The second kappa shape index (κ2) is 52.9. The number of fused-ring (bicyclic) bond motifs is 15. The van der Waals surface area contributed by atoms with E-state index in [-0.39, 0.29) is 62.3 Å². The predicted octanol–water partition coefficient (Wildman–Crippen LogP) is 27.4. The quantitative estimate of drug-likeness (QED) is 0.0264. The van der Waals surface area contributed by atoms with Crippen molar-refractivity contribution in [1.82, 2.24) is 0 Å². The van der Waals surface area contributed by atoms with Gasteiger partial charge in [-0.1, -0.05) is 305 Å². The van der Waals surface area contributed by atoms with Gasteiger partial charge in [0, 0.05) is 105 Å². The van der Waals surface area contributed by atoms with Crippen LogP contribution in [0.3, 0.4) is 0 Å². The fraction of sp³-hybridized carbons (Fsp3) is 0.452. The van der Waals surface area contributed by atoms with Crippen LogP contribution in [0.15, 0.2) is 248 Å². The van der Waals surface area contributed by atoms with Crippen LogP contribution < -0.4 is 18.9 Å². The van der Waals surface area contributed by atoms with E-state index in [1.165, 1.54) is 154 Å². The SMILES string of the molecule is CC(=O)OC(c1ccccc1)C(OC(C)=O)c1ccccc1.CC(=O)OC1COC2C(OC(C)=O)COC12.CC(=O)OCC(OC(C)=O)c1ccccc1.CC(=O)O[C@H]1CC[C@@]2(C)C(=CC[C@H]3[C@@H]4CC[C@H]([C@H](C)CCCC(C)C)[C@@]4(C)CC[C@@H]32)C1.CC(=O)Oc1ccc2ccccc2c1-c1c(OC(C)=O)ccc2ccccc12.CC1Oc2ccc3ccccc3c2-c2c(ccc3ccccc23)O1.COC1CC(C)CCC1C(C)C.